The van der Waals surface area contributed by atoms with Crippen LogP contribution in [0.15, 0.2) is 44.6 Å². The van der Waals surface area contributed by atoms with E-state index >= 15 is 0 Å². The molecule has 1 aromatic carbocycles. The third-order valence-corrected chi connectivity index (χ3v) is 5.94. The molecular weight excluding hydrogens is 290 g/mol. The maximum atomic E-state index is 12.1. The molecule has 96 valence electrons. The van der Waals surface area contributed by atoms with Gasteiger partial charge in [0.05, 0.1) is 4.90 Å². The summed E-state index contributed by atoms with van der Waals surface area (Å²) in [5.74, 6) is 0. The number of hydrogen-bond acceptors (Lipinski definition) is 5. The van der Waals surface area contributed by atoms with Crippen LogP contribution in [0.3, 0.4) is 0 Å². The Kier molecular flexibility index (Phi) is 3.79. The number of rotatable bonds is 2. The average molecular weight is 301 g/mol. The molecule has 0 saturated heterocycles. The van der Waals surface area contributed by atoms with E-state index < -0.39 is 10.0 Å². The number of aromatic nitrogens is 1. The summed E-state index contributed by atoms with van der Waals surface area (Å²) in [6.45, 7) is 0. The molecule has 1 aromatic heterocycles. The smallest absolute Gasteiger partial charge is 0.285 e. The zero-order valence-corrected chi connectivity index (χ0v) is 12.2. The normalized spacial score (nSPS) is 14.1. The van der Waals surface area contributed by atoms with Gasteiger partial charge in [-0.2, -0.15) is 8.42 Å². The van der Waals surface area contributed by atoms with Crippen molar-refractivity contribution in [3.05, 3.63) is 39.9 Å². The standard InChI is InChI=1S/C10H11N3O2S3/c1-11-9-13(2)10(17-16-9)12-18(14,15)8-6-4-3-5-7-8/h3-7H,1-2H3/b11-9?,12-10-. The van der Waals surface area contributed by atoms with E-state index in [0.717, 1.165) is 4.80 Å². The Balaban J connectivity index is 2.61. The van der Waals surface area contributed by atoms with Gasteiger partial charge in [0.15, 0.2) is 4.80 Å². The van der Waals surface area contributed by atoms with E-state index in [1.165, 1.54) is 32.8 Å². The molecule has 0 saturated carbocycles. The molecule has 0 aliphatic carbocycles. The second-order valence-corrected chi connectivity index (χ2v) is 7.06. The van der Waals surface area contributed by atoms with Gasteiger partial charge in [-0.25, -0.2) is 0 Å². The molecule has 0 aliphatic heterocycles. The molecule has 0 radical (unpaired) electrons. The summed E-state index contributed by atoms with van der Waals surface area (Å²) >= 11 is 0. The lowest BCUT2D eigenvalue weighted by atomic mass is 10.4. The zero-order chi connectivity index (χ0) is 13.2. The lowest BCUT2D eigenvalue weighted by Crippen LogP contribution is -2.23. The maximum absolute atomic E-state index is 12.1. The molecule has 18 heavy (non-hydrogen) atoms. The molecule has 5 nitrogen and oxygen atoms in total. The molecule has 2 aromatic rings. The Labute approximate surface area is 112 Å². The topological polar surface area (TPSA) is 63.8 Å². The SMILES string of the molecule is CN=c1ss/c(=N\S(=O)(=O)c2ccccc2)n1C. The van der Waals surface area contributed by atoms with Crippen LogP contribution < -0.4 is 9.60 Å². The molecule has 2 rings (SSSR count). The fourth-order valence-electron chi connectivity index (χ4n) is 1.28. The van der Waals surface area contributed by atoms with E-state index in [1.54, 1.807) is 36.9 Å². The molecule has 0 spiro atoms. The van der Waals surface area contributed by atoms with E-state index in [9.17, 15) is 8.42 Å². The first-order valence-electron chi connectivity index (χ1n) is 4.99. The minimum atomic E-state index is -3.65. The molecule has 0 amide bonds. The van der Waals surface area contributed by atoms with Gasteiger partial charge in [0, 0.05) is 14.1 Å². The van der Waals surface area contributed by atoms with Gasteiger partial charge in [0.1, 0.15) is 0 Å². The minimum absolute atomic E-state index is 0.193. The van der Waals surface area contributed by atoms with Crippen LogP contribution in [0.25, 0.3) is 0 Å². The number of nitrogens with zero attached hydrogens (tertiary/aromatic N) is 3. The van der Waals surface area contributed by atoms with Crippen LogP contribution in [0, 0.1) is 0 Å². The van der Waals surface area contributed by atoms with Gasteiger partial charge in [-0.05, 0) is 32.8 Å². The molecule has 0 unspecified atom stereocenters. The Morgan fingerprint density at radius 2 is 1.72 bits per heavy atom. The third kappa shape index (κ3) is 2.60. The van der Waals surface area contributed by atoms with Gasteiger partial charge in [-0.15, -0.1) is 4.40 Å². The summed E-state index contributed by atoms with van der Waals surface area (Å²) in [7, 11) is 2.43. The van der Waals surface area contributed by atoms with E-state index in [1.807, 2.05) is 0 Å². The summed E-state index contributed by atoms with van der Waals surface area (Å²) in [5, 5.41) is 0. The van der Waals surface area contributed by atoms with E-state index in [2.05, 4.69) is 9.39 Å². The molecular formula is C10H11N3O2S3. The van der Waals surface area contributed by atoms with Crippen molar-refractivity contribution in [2.24, 2.45) is 16.4 Å². The van der Waals surface area contributed by atoms with Crippen LogP contribution in [0.1, 0.15) is 0 Å². The first kappa shape index (κ1) is 13.2. The molecule has 0 aliphatic rings. The van der Waals surface area contributed by atoms with Crippen molar-refractivity contribution < 1.29 is 8.42 Å². The van der Waals surface area contributed by atoms with Crippen LogP contribution >= 0.6 is 20.7 Å². The molecule has 0 atom stereocenters. The first-order valence-corrected chi connectivity index (χ1v) is 8.58. The summed E-state index contributed by atoms with van der Waals surface area (Å²) in [4.78, 5) is 5.38. The fraction of sp³-hybridized carbons (Fsp3) is 0.200. The predicted octanol–water partition coefficient (Wildman–Crippen LogP) is 0.968. The highest BCUT2D eigenvalue weighted by Crippen LogP contribution is 2.10. The van der Waals surface area contributed by atoms with Crippen LogP contribution in [0.5, 0.6) is 0 Å². The van der Waals surface area contributed by atoms with Crippen LogP contribution in [-0.2, 0) is 17.1 Å². The van der Waals surface area contributed by atoms with Crippen LogP contribution in [0.4, 0.5) is 0 Å². The summed E-state index contributed by atoms with van der Waals surface area (Å²) in [6, 6.07) is 8.17. The quantitative estimate of drug-likeness (QED) is 0.776. The zero-order valence-electron chi connectivity index (χ0n) is 9.77. The Morgan fingerprint density at radius 3 is 2.28 bits per heavy atom. The molecule has 1 heterocycles. The van der Waals surface area contributed by atoms with Crippen LogP contribution in [-0.4, -0.2) is 20.0 Å². The summed E-state index contributed by atoms with van der Waals surface area (Å²) < 4.78 is 29.6. The van der Waals surface area contributed by atoms with Gasteiger partial charge >= 0.3 is 0 Å². The van der Waals surface area contributed by atoms with Crippen molar-refractivity contribution in [3.8, 4) is 0 Å². The average Bonchev–Trinajstić information content (AvgIpc) is 2.71. The largest absolute Gasteiger partial charge is 0.295 e. The lowest BCUT2D eigenvalue weighted by Gasteiger charge is -1.96. The minimum Gasteiger partial charge on any atom is -0.295 e. The van der Waals surface area contributed by atoms with Crippen molar-refractivity contribution in [1.82, 2.24) is 4.57 Å². The van der Waals surface area contributed by atoms with Crippen molar-refractivity contribution >= 4 is 30.7 Å². The van der Waals surface area contributed by atoms with Crippen molar-refractivity contribution in [2.75, 3.05) is 7.05 Å². The molecule has 0 N–H and O–H groups in total. The van der Waals surface area contributed by atoms with Gasteiger partial charge in [-0.3, -0.25) is 9.56 Å². The number of benzene rings is 1. The summed E-state index contributed by atoms with van der Waals surface area (Å²) in [5.41, 5.74) is 0. The Morgan fingerprint density at radius 1 is 1.11 bits per heavy atom. The maximum Gasteiger partial charge on any atom is 0.285 e. The van der Waals surface area contributed by atoms with E-state index in [4.69, 9.17) is 0 Å². The first-order chi connectivity index (χ1) is 8.54. The van der Waals surface area contributed by atoms with Gasteiger partial charge in [-0.1, -0.05) is 18.2 Å². The third-order valence-electron chi connectivity index (χ3n) is 2.20. The second-order valence-electron chi connectivity index (χ2n) is 3.39. The summed E-state index contributed by atoms with van der Waals surface area (Å²) in [6.07, 6.45) is 0. The highest BCUT2D eigenvalue weighted by Gasteiger charge is 2.12. The van der Waals surface area contributed by atoms with E-state index in [0.29, 0.717) is 4.80 Å². The monoisotopic (exact) mass is 301 g/mol. The highest BCUT2D eigenvalue weighted by molar-refractivity contribution is 7.90. The van der Waals surface area contributed by atoms with Crippen molar-refractivity contribution in [2.45, 2.75) is 4.90 Å². The second kappa shape index (κ2) is 5.17. The lowest BCUT2D eigenvalue weighted by molar-refractivity contribution is 0.596. The Hall–Kier alpha value is -1.25. The van der Waals surface area contributed by atoms with Gasteiger partial charge < -0.3 is 0 Å². The van der Waals surface area contributed by atoms with Crippen molar-refractivity contribution in [3.63, 3.8) is 0 Å². The number of sulfonamides is 1. The highest BCUT2D eigenvalue weighted by atomic mass is 32.9. The molecule has 8 heteroatoms. The van der Waals surface area contributed by atoms with Crippen LogP contribution in [0.2, 0.25) is 0 Å². The van der Waals surface area contributed by atoms with E-state index in [-0.39, 0.29) is 4.90 Å². The van der Waals surface area contributed by atoms with Gasteiger partial charge in [0.2, 0.25) is 4.80 Å². The Bertz CT molecular complexity index is 766. The fourth-order valence-corrected chi connectivity index (χ4v) is 4.92. The predicted molar refractivity (Wildman–Crippen MR) is 71.8 cm³/mol. The molecule has 0 fully saturated rings. The molecule has 0 bridgehead atoms. The number of hydrogen-bond donors (Lipinski definition) is 0. The van der Waals surface area contributed by atoms with Crippen molar-refractivity contribution in [1.29, 1.82) is 0 Å². The van der Waals surface area contributed by atoms with Gasteiger partial charge in [0.25, 0.3) is 10.0 Å².